The maximum absolute atomic E-state index is 12.7. The zero-order chi connectivity index (χ0) is 13.7. The SMILES string of the molecule is Cl.NC1CCCC2CN(C(=O)C3Cc4ccccc43)CC12. The number of carbonyl (C=O) groups excluding carboxylic acids is 1. The average Bonchev–Trinajstić information content (AvgIpc) is 2.85. The molecule has 4 rings (SSSR count). The van der Waals surface area contributed by atoms with Crippen LogP contribution in [0.2, 0.25) is 0 Å². The molecule has 1 aromatic rings. The molecule has 4 unspecified atom stereocenters. The lowest BCUT2D eigenvalue weighted by Crippen LogP contribution is -2.40. The number of halogens is 1. The molecule has 0 spiro atoms. The van der Waals surface area contributed by atoms with Gasteiger partial charge in [-0.2, -0.15) is 0 Å². The van der Waals surface area contributed by atoms with Crippen LogP contribution in [0.3, 0.4) is 0 Å². The van der Waals surface area contributed by atoms with E-state index in [4.69, 9.17) is 5.73 Å². The maximum Gasteiger partial charge on any atom is 0.230 e. The predicted octanol–water partition coefficient (Wildman–Crippen LogP) is 2.33. The zero-order valence-corrected chi connectivity index (χ0v) is 13.0. The van der Waals surface area contributed by atoms with Gasteiger partial charge in [0.05, 0.1) is 5.92 Å². The minimum Gasteiger partial charge on any atom is -0.342 e. The first kappa shape index (κ1) is 14.9. The van der Waals surface area contributed by atoms with E-state index in [1.54, 1.807) is 0 Å². The molecule has 0 radical (unpaired) electrons. The number of nitrogens with two attached hydrogens (primary N) is 1. The number of carbonyl (C=O) groups is 1. The molecule has 2 aliphatic carbocycles. The first-order chi connectivity index (χ1) is 9.74. The molecule has 2 N–H and O–H groups in total. The predicted molar refractivity (Wildman–Crippen MR) is 85.5 cm³/mol. The Kier molecular flexibility index (Phi) is 3.98. The highest BCUT2D eigenvalue weighted by Gasteiger charge is 2.43. The minimum atomic E-state index is 0. The second-order valence-corrected chi connectivity index (χ2v) is 6.72. The van der Waals surface area contributed by atoms with Gasteiger partial charge in [0.1, 0.15) is 0 Å². The van der Waals surface area contributed by atoms with Gasteiger partial charge in [0.25, 0.3) is 0 Å². The van der Waals surface area contributed by atoms with Gasteiger partial charge in [-0.1, -0.05) is 30.7 Å². The third-order valence-corrected chi connectivity index (χ3v) is 5.62. The maximum atomic E-state index is 12.7. The Bertz CT molecular complexity index is 547. The van der Waals surface area contributed by atoms with E-state index in [2.05, 4.69) is 23.1 Å². The highest BCUT2D eigenvalue weighted by molar-refractivity contribution is 5.87. The number of fused-ring (bicyclic) bond motifs is 2. The molecular weight excluding hydrogens is 284 g/mol. The van der Waals surface area contributed by atoms with Gasteiger partial charge >= 0.3 is 0 Å². The lowest BCUT2D eigenvalue weighted by atomic mass is 9.77. The third-order valence-electron chi connectivity index (χ3n) is 5.62. The first-order valence-electron chi connectivity index (χ1n) is 7.86. The highest BCUT2D eigenvalue weighted by atomic mass is 35.5. The van der Waals surface area contributed by atoms with Gasteiger partial charge in [0.15, 0.2) is 0 Å². The van der Waals surface area contributed by atoms with Gasteiger partial charge in [0, 0.05) is 19.1 Å². The Labute approximate surface area is 132 Å². The van der Waals surface area contributed by atoms with E-state index in [-0.39, 0.29) is 18.3 Å². The summed E-state index contributed by atoms with van der Waals surface area (Å²) in [6, 6.07) is 8.65. The lowest BCUT2D eigenvalue weighted by Gasteiger charge is -2.32. The molecule has 1 saturated heterocycles. The minimum absolute atomic E-state index is 0. The van der Waals surface area contributed by atoms with Crippen LogP contribution in [0, 0.1) is 11.8 Å². The van der Waals surface area contributed by atoms with Crippen molar-refractivity contribution in [3.8, 4) is 0 Å². The van der Waals surface area contributed by atoms with Crippen molar-refractivity contribution in [1.29, 1.82) is 0 Å². The summed E-state index contributed by atoms with van der Waals surface area (Å²) in [5, 5.41) is 0. The zero-order valence-electron chi connectivity index (χ0n) is 12.2. The molecule has 3 nitrogen and oxygen atoms in total. The van der Waals surface area contributed by atoms with Crippen molar-refractivity contribution in [2.75, 3.05) is 13.1 Å². The van der Waals surface area contributed by atoms with Crippen LogP contribution in [0.4, 0.5) is 0 Å². The fraction of sp³-hybridized carbons (Fsp3) is 0.588. The van der Waals surface area contributed by atoms with E-state index < -0.39 is 0 Å². The normalized spacial score (nSPS) is 33.5. The summed E-state index contributed by atoms with van der Waals surface area (Å²) in [4.78, 5) is 14.8. The second-order valence-electron chi connectivity index (χ2n) is 6.72. The van der Waals surface area contributed by atoms with Crippen molar-refractivity contribution in [2.24, 2.45) is 17.6 Å². The summed E-state index contributed by atoms with van der Waals surface area (Å²) in [7, 11) is 0. The number of hydrogen-bond acceptors (Lipinski definition) is 2. The molecule has 1 heterocycles. The van der Waals surface area contributed by atoms with Crippen molar-refractivity contribution in [1.82, 2.24) is 4.90 Å². The average molecular weight is 307 g/mol. The molecule has 1 aromatic carbocycles. The Morgan fingerprint density at radius 2 is 2.00 bits per heavy atom. The third kappa shape index (κ3) is 2.36. The summed E-state index contributed by atoms with van der Waals surface area (Å²) in [6.07, 6.45) is 4.54. The Morgan fingerprint density at radius 1 is 1.19 bits per heavy atom. The Hall–Kier alpha value is -1.06. The van der Waals surface area contributed by atoms with Crippen LogP contribution in [0.25, 0.3) is 0 Å². The van der Waals surface area contributed by atoms with Gasteiger partial charge in [0.2, 0.25) is 5.91 Å². The van der Waals surface area contributed by atoms with Crippen LogP contribution < -0.4 is 5.73 Å². The lowest BCUT2D eigenvalue weighted by molar-refractivity contribution is -0.132. The monoisotopic (exact) mass is 306 g/mol. The molecule has 3 aliphatic rings. The van der Waals surface area contributed by atoms with Crippen molar-refractivity contribution in [3.05, 3.63) is 35.4 Å². The van der Waals surface area contributed by atoms with Gasteiger partial charge in [-0.05, 0) is 42.2 Å². The number of rotatable bonds is 1. The van der Waals surface area contributed by atoms with E-state index in [0.717, 1.165) is 25.9 Å². The van der Waals surface area contributed by atoms with E-state index >= 15 is 0 Å². The standard InChI is InChI=1S/C17H22N2O.ClH/c18-16-7-3-5-12-9-19(10-15(12)16)17(20)14-8-11-4-1-2-6-13(11)14;/h1-2,4,6,12,14-16H,3,5,7-10,18H2;1H. The summed E-state index contributed by atoms with van der Waals surface area (Å²) < 4.78 is 0. The van der Waals surface area contributed by atoms with Gasteiger partial charge in [-0.3, -0.25) is 4.79 Å². The van der Waals surface area contributed by atoms with Crippen LogP contribution in [0.1, 0.15) is 36.3 Å². The fourth-order valence-corrected chi connectivity index (χ4v) is 4.40. The molecular formula is C17H23ClN2O. The molecule has 21 heavy (non-hydrogen) atoms. The Morgan fingerprint density at radius 3 is 2.76 bits per heavy atom. The van der Waals surface area contributed by atoms with Crippen LogP contribution in [0.5, 0.6) is 0 Å². The molecule has 0 aromatic heterocycles. The molecule has 1 aliphatic heterocycles. The van der Waals surface area contributed by atoms with Crippen molar-refractivity contribution in [2.45, 2.75) is 37.6 Å². The van der Waals surface area contributed by atoms with Gasteiger partial charge in [-0.15, -0.1) is 12.4 Å². The molecule has 4 atom stereocenters. The number of benzene rings is 1. The summed E-state index contributed by atoms with van der Waals surface area (Å²) >= 11 is 0. The smallest absolute Gasteiger partial charge is 0.230 e. The van der Waals surface area contributed by atoms with Gasteiger partial charge in [-0.25, -0.2) is 0 Å². The molecule has 2 fully saturated rings. The summed E-state index contributed by atoms with van der Waals surface area (Å²) in [6.45, 7) is 1.83. The largest absolute Gasteiger partial charge is 0.342 e. The molecule has 1 saturated carbocycles. The molecule has 4 heteroatoms. The number of likely N-dealkylation sites (tertiary alicyclic amines) is 1. The van der Waals surface area contributed by atoms with Crippen molar-refractivity contribution >= 4 is 18.3 Å². The number of nitrogens with zero attached hydrogens (tertiary/aromatic N) is 1. The summed E-state index contributed by atoms with van der Waals surface area (Å²) in [5.41, 5.74) is 8.84. The quantitative estimate of drug-likeness (QED) is 0.865. The highest BCUT2D eigenvalue weighted by Crippen LogP contribution is 2.40. The van der Waals surface area contributed by atoms with Crippen LogP contribution in [-0.2, 0) is 11.2 Å². The number of hydrogen-bond donors (Lipinski definition) is 1. The van der Waals surface area contributed by atoms with E-state index in [0.29, 0.717) is 23.8 Å². The van der Waals surface area contributed by atoms with E-state index in [1.165, 1.54) is 24.0 Å². The fourth-order valence-electron chi connectivity index (χ4n) is 4.40. The van der Waals surface area contributed by atoms with E-state index in [9.17, 15) is 4.79 Å². The summed E-state index contributed by atoms with van der Waals surface area (Å²) in [5.74, 6) is 1.65. The second kappa shape index (κ2) is 5.62. The first-order valence-corrected chi connectivity index (χ1v) is 7.86. The van der Waals surface area contributed by atoms with Crippen molar-refractivity contribution in [3.63, 3.8) is 0 Å². The van der Waals surface area contributed by atoms with Crippen LogP contribution >= 0.6 is 12.4 Å². The van der Waals surface area contributed by atoms with Crippen LogP contribution in [0.15, 0.2) is 24.3 Å². The van der Waals surface area contributed by atoms with E-state index in [1.807, 2.05) is 6.07 Å². The van der Waals surface area contributed by atoms with Gasteiger partial charge < -0.3 is 10.6 Å². The topological polar surface area (TPSA) is 46.3 Å². The molecule has 0 bridgehead atoms. The number of amides is 1. The van der Waals surface area contributed by atoms with Crippen LogP contribution in [-0.4, -0.2) is 29.9 Å². The molecule has 114 valence electrons. The Balaban J connectivity index is 0.00000132. The molecule has 1 amide bonds. The van der Waals surface area contributed by atoms with Crippen molar-refractivity contribution < 1.29 is 4.79 Å².